The van der Waals surface area contributed by atoms with Crippen LogP contribution in [0.1, 0.15) is 119 Å². The fourth-order valence-electron chi connectivity index (χ4n) is 6.62. The van der Waals surface area contributed by atoms with E-state index in [-0.39, 0.29) is 0 Å². The third-order valence-corrected chi connectivity index (χ3v) is 9.93. The number of thiophene rings is 1. The van der Waals surface area contributed by atoms with Crippen LogP contribution in [-0.4, -0.2) is 17.6 Å². The zero-order valence-electron chi connectivity index (χ0n) is 27.0. The molecule has 1 aliphatic rings. The molecule has 0 saturated heterocycles. The van der Waals surface area contributed by atoms with Crippen molar-refractivity contribution in [1.82, 2.24) is 0 Å². The van der Waals surface area contributed by atoms with Crippen LogP contribution in [0.15, 0.2) is 49.1 Å². The van der Waals surface area contributed by atoms with Crippen molar-refractivity contribution >= 4 is 45.8 Å². The number of allylic oxidation sites excluding steroid dienone is 4. The van der Waals surface area contributed by atoms with Gasteiger partial charge in [0.2, 0.25) is 0 Å². The minimum Gasteiger partial charge on any atom is -0.478 e. The second-order valence-corrected chi connectivity index (χ2v) is 13.7. The number of carboxylic acids is 1. The number of hydrogen-bond acceptors (Lipinski definition) is 3. The molecule has 228 valence electrons. The van der Waals surface area contributed by atoms with Crippen LogP contribution in [0.25, 0.3) is 22.8 Å². The van der Waals surface area contributed by atoms with Gasteiger partial charge in [0, 0.05) is 33.1 Å². The summed E-state index contributed by atoms with van der Waals surface area (Å²) in [7, 11) is 0. The highest BCUT2D eigenvalue weighted by Crippen LogP contribution is 2.44. The highest BCUT2D eigenvalue weighted by Gasteiger charge is 2.25. The standard InChI is InChI=1S/C39H49NO2S/c1-8-9-13-22-40-38-34(19-16-26(3)36-24-28(5)43-30(36)7)25(2)17-20-35(38)29(6)37(31-14-11-10-12-15-31)33-21-18-32(39(41)42)23-27(33)4/h16-21,23-24,31,40H,3,8-15,22H2,1-2,4-7H3,(H,41,42)/b19-16-,37-29+. The number of carbonyl (C=O) groups is 1. The van der Waals surface area contributed by atoms with E-state index in [1.165, 1.54) is 99.4 Å². The van der Waals surface area contributed by atoms with Gasteiger partial charge in [0.05, 0.1) is 5.56 Å². The van der Waals surface area contributed by atoms with E-state index in [0.29, 0.717) is 11.5 Å². The summed E-state index contributed by atoms with van der Waals surface area (Å²) in [5.74, 6) is -0.418. The fourth-order valence-corrected chi connectivity index (χ4v) is 7.58. The molecule has 0 aliphatic heterocycles. The van der Waals surface area contributed by atoms with Gasteiger partial charge in [0.15, 0.2) is 0 Å². The first kappa shape index (κ1) is 32.5. The van der Waals surface area contributed by atoms with Crippen LogP contribution in [0, 0.1) is 33.6 Å². The van der Waals surface area contributed by atoms with E-state index in [1.54, 1.807) is 6.07 Å². The van der Waals surface area contributed by atoms with E-state index >= 15 is 0 Å². The van der Waals surface area contributed by atoms with Gasteiger partial charge in [0.1, 0.15) is 0 Å². The maximum Gasteiger partial charge on any atom is 0.335 e. The van der Waals surface area contributed by atoms with Crippen molar-refractivity contribution in [3.63, 3.8) is 0 Å². The molecule has 0 unspecified atom stereocenters. The number of aryl methyl sites for hydroxylation is 4. The third-order valence-electron chi connectivity index (χ3n) is 8.97. The molecule has 3 aromatic rings. The topological polar surface area (TPSA) is 49.3 Å². The van der Waals surface area contributed by atoms with Gasteiger partial charge in [-0.3, -0.25) is 0 Å². The molecule has 1 heterocycles. The van der Waals surface area contributed by atoms with Crippen LogP contribution < -0.4 is 5.32 Å². The SMILES string of the molecule is C=C(/C=C\c1c(C)ccc(/C(C)=C(/c2ccc(C(=O)O)cc2C)C2CCCCC2)c1NCCCCC)c1cc(C)sc1C. The van der Waals surface area contributed by atoms with E-state index < -0.39 is 5.97 Å². The zero-order valence-corrected chi connectivity index (χ0v) is 27.8. The van der Waals surface area contributed by atoms with E-state index in [2.05, 4.69) is 83.8 Å². The van der Waals surface area contributed by atoms with Crippen molar-refractivity contribution in [2.75, 3.05) is 11.9 Å². The van der Waals surface area contributed by atoms with Gasteiger partial charge in [-0.2, -0.15) is 0 Å². The number of nitrogens with one attached hydrogen (secondary N) is 1. The Kier molecular flexibility index (Phi) is 11.3. The quantitative estimate of drug-likeness (QED) is 0.124. The summed E-state index contributed by atoms with van der Waals surface area (Å²) < 4.78 is 0. The van der Waals surface area contributed by atoms with Gasteiger partial charge in [-0.15, -0.1) is 11.3 Å². The Morgan fingerprint density at radius 3 is 2.33 bits per heavy atom. The molecule has 4 heteroatoms. The Hall–Kier alpha value is -3.37. The Bertz CT molecular complexity index is 1530. The van der Waals surface area contributed by atoms with Crippen LogP contribution in [-0.2, 0) is 0 Å². The minimum atomic E-state index is -0.877. The number of aromatic carboxylic acids is 1. The second kappa shape index (κ2) is 14.9. The fraction of sp³-hybridized carbons (Fsp3) is 0.410. The van der Waals surface area contributed by atoms with Crippen molar-refractivity contribution in [3.05, 3.63) is 97.8 Å². The van der Waals surface area contributed by atoms with Crippen molar-refractivity contribution in [3.8, 4) is 0 Å². The van der Waals surface area contributed by atoms with Crippen molar-refractivity contribution in [2.24, 2.45) is 5.92 Å². The van der Waals surface area contributed by atoms with Crippen molar-refractivity contribution < 1.29 is 9.90 Å². The molecule has 1 fully saturated rings. The van der Waals surface area contributed by atoms with Gasteiger partial charge < -0.3 is 10.4 Å². The lowest BCUT2D eigenvalue weighted by Crippen LogP contribution is -2.13. The molecule has 4 rings (SSSR count). The molecule has 43 heavy (non-hydrogen) atoms. The number of rotatable bonds is 12. The number of anilines is 1. The molecule has 1 aliphatic carbocycles. The van der Waals surface area contributed by atoms with E-state index in [4.69, 9.17) is 0 Å². The average Bonchev–Trinajstić information content (AvgIpc) is 3.33. The van der Waals surface area contributed by atoms with Gasteiger partial charge in [-0.25, -0.2) is 4.79 Å². The largest absolute Gasteiger partial charge is 0.478 e. The summed E-state index contributed by atoms with van der Waals surface area (Å²) in [6.07, 6.45) is 14.0. The zero-order chi connectivity index (χ0) is 31.1. The molecule has 0 bridgehead atoms. The van der Waals surface area contributed by atoms with Crippen LogP contribution in [0.4, 0.5) is 5.69 Å². The molecule has 2 aromatic carbocycles. The van der Waals surface area contributed by atoms with Crippen LogP contribution in [0.2, 0.25) is 0 Å². The number of benzene rings is 2. The molecule has 1 aromatic heterocycles. The first-order chi connectivity index (χ1) is 20.6. The summed E-state index contributed by atoms with van der Waals surface area (Å²) in [6, 6.07) is 12.4. The molecule has 0 spiro atoms. The van der Waals surface area contributed by atoms with E-state index in [9.17, 15) is 9.90 Å². The minimum absolute atomic E-state index is 0.346. The normalized spacial score (nSPS) is 14.7. The van der Waals surface area contributed by atoms with Gasteiger partial charge in [-0.1, -0.05) is 76.0 Å². The number of unbranched alkanes of at least 4 members (excludes halogenated alkanes) is 2. The molecule has 0 amide bonds. The summed E-state index contributed by atoms with van der Waals surface area (Å²) >= 11 is 1.82. The smallest absolute Gasteiger partial charge is 0.335 e. The monoisotopic (exact) mass is 595 g/mol. The highest BCUT2D eigenvalue weighted by atomic mass is 32.1. The molecule has 1 saturated carbocycles. The van der Waals surface area contributed by atoms with E-state index in [0.717, 1.165) is 24.1 Å². The van der Waals surface area contributed by atoms with Gasteiger partial charge in [0.25, 0.3) is 0 Å². The predicted molar refractivity (Wildman–Crippen MR) is 188 cm³/mol. The Labute approximate surface area is 263 Å². The van der Waals surface area contributed by atoms with Crippen LogP contribution in [0.3, 0.4) is 0 Å². The molecule has 0 radical (unpaired) electrons. The Morgan fingerprint density at radius 1 is 0.977 bits per heavy atom. The Balaban J connectivity index is 1.88. The van der Waals surface area contributed by atoms with Gasteiger partial charge >= 0.3 is 5.97 Å². The molecular formula is C39H49NO2S. The van der Waals surface area contributed by atoms with Crippen LogP contribution in [0.5, 0.6) is 0 Å². The molecular weight excluding hydrogens is 547 g/mol. The first-order valence-corrected chi connectivity index (χ1v) is 16.8. The number of hydrogen-bond donors (Lipinski definition) is 2. The van der Waals surface area contributed by atoms with Gasteiger partial charge in [-0.05, 0) is 117 Å². The van der Waals surface area contributed by atoms with Crippen LogP contribution >= 0.6 is 11.3 Å². The lowest BCUT2D eigenvalue weighted by atomic mass is 9.76. The molecule has 3 nitrogen and oxygen atoms in total. The lowest BCUT2D eigenvalue weighted by molar-refractivity contribution is 0.0696. The lowest BCUT2D eigenvalue weighted by Gasteiger charge is -2.29. The first-order valence-electron chi connectivity index (χ1n) is 16.0. The number of carboxylic acid groups (broad SMARTS) is 1. The molecule has 0 atom stereocenters. The van der Waals surface area contributed by atoms with Crippen molar-refractivity contribution in [1.29, 1.82) is 0 Å². The average molecular weight is 596 g/mol. The summed E-state index contributed by atoms with van der Waals surface area (Å²) in [5, 5.41) is 13.5. The second-order valence-electron chi connectivity index (χ2n) is 12.2. The predicted octanol–water partition coefficient (Wildman–Crippen LogP) is 11.5. The summed E-state index contributed by atoms with van der Waals surface area (Å²) in [4.78, 5) is 14.3. The summed E-state index contributed by atoms with van der Waals surface area (Å²) in [6.45, 7) is 18.4. The highest BCUT2D eigenvalue weighted by molar-refractivity contribution is 7.12. The maximum atomic E-state index is 11.7. The van der Waals surface area contributed by atoms with Crippen molar-refractivity contribution in [2.45, 2.75) is 92.9 Å². The maximum absolute atomic E-state index is 11.7. The Morgan fingerprint density at radius 2 is 1.70 bits per heavy atom. The third kappa shape index (κ3) is 7.78. The summed E-state index contributed by atoms with van der Waals surface area (Å²) in [5.41, 5.74) is 12.3. The molecule has 2 N–H and O–H groups in total. The van der Waals surface area contributed by atoms with E-state index in [1.807, 2.05) is 23.5 Å².